The van der Waals surface area contributed by atoms with Crippen molar-refractivity contribution >= 4 is 28.3 Å². The zero-order valence-corrected chi connectivity index (χ0v) is 47.4. The highest BCUT2D eigenvalue weighted by molar-refractivity contribution is 6.70. The molecule has 392 valence electrons. The van der Waals surface area contributed by atoms with E-state index in [1.807, 2.05) is 48.5 Å². The lowest BCUT2D eigenvalue weighted by atomic mass is 9.73. The van der Waals surface area contributed by atoms with E-state index in [4.69, 9.17) is 56.7 Å². The smallest absolute Gasteiger partial charge is 0.345 e. The van der Waals surface area contributed by atoms with Crippen molar-refractivity contribution in [3.8, 4) is 6.01 Å². The molecule has 1 N–H and O–H groups in total. The lowest BCUT2D eigenvalue weighted by Gasteiger charge is -2.51. The summed E-state index contributed by atoms with van der Waals surface area (Å²) in [5, 5.41) is 17.3. The van der Waals surface area contributed by atoms with Gasteiger partial charge in [-0.15, -0.1) is 0 Å². The molecule has 3 fully saturated rings. The van der Waals surface area contributed by atoms with E-state index in [0.717, 1.165) is 6.42 Å². The molecule has 0 bridgehead atoms. The molecule has 0 spiro atoms. The summed E-state index contributed by atoms with van der Waals surface area (Å²) < 4.78 is 67.4. The number of carbonyl (C=O) groups is 1. The molecule has 1 aromatic heterocycles. The maximum Gasteiger partial charge on any atom is 0.345 e. The van der Waals surface area contributed by atoms with Crippen LogP contribution in [0.2, 0.25) is 39.3 Å². The first-order valence-corrected chi connectivity index (χ1v) is 31.5. The Morgan fingerprint density at radius 3 is 1.93 bits per heavy atom. The molecule has 0 amide bonds. The largest absolute Gasteiger partial charge is 0.459 e. The summed E-state index contributed by atoms with van der Waals surface area (Å²) in [6.45, 7) is 32.2. The lowest BCUT2D eigenvalue weighted by Crippen LogP contribution is -2.63. The van der Waals surface area contributed by atoms with Gasteiger partial charge in [-0.1, -0.05) is 32.9 Å². The molecule has 3 aliphatic heterocycles. The number of rotatable bonds is 15. The first kappa shape index (κ1) is 58.6. The van der Waals surface area contributed by atoms with E-state index in [0.29, 0.717) is 18.6 Å². The Kier molecular flexibility index (Phi) is 20.4. The van der Waals surface area contributed by atoms with Crippen molar-refractivity contribution in [3.63, 3.8) is 0 Å². The highest BCUT2D eigenvalue weighted by atomic mass is 28.4. The van der Waals surface area contributed by atoms with Crippen molar-refractivity contribution in [2.45, 2.75) is 218 Å². The Bertz CT molecular complexity index is 1770. The van der Waals surface area contributed by atoms with Crippen LogP contribution in [-0.2, 0) is 51.5 Å². The van der Waals surface area contributed by atoms with Gasteiger partial charge in [0.05, 0.1) is 59.5 Å². The number of aliphatic hydroxyl groups is 1. The molecule has 4 heterocycles. The zero-order valence-electron chi connectivity index (χ0n) is 45.4. The predicted molar refractivity (Wildman–Crippen MR) is 265 cm³/mol. The third-order valence-electron chi connectivity index (χ3n) is 14.2. The Labute approximate surface area is 410 Å². The fourth-order valence-electron chi connectivity index (χ4n) is 10.7. The quantitative estimate of drug-likeness (QED) is 0.104. The van der Waals surface area contributed by atoms with Crippen molar-refractivity contribution in [1.29, 1.82) is 0 Å². The molecule has 3 saturated heterocycles. The second-order valence-corrected chi connectivity index (χ2v) is 31.4. The van der Waals surface area contributed by atoms with Gasteiger partial charge in [-0.25, -0.2) is 9.97 Å². The predicted octanol–water partition coefficient (Wildman–Crippen LogP) is 7.47. The van der Waals surface area contributed by atoms with Gasteiger partial charge in [0.1, 0.15) is 17.8 Å². The van der Waals surface area contributed by atoms with Crippen LogP contribution in [0.5, 0.6) is 6.01 Å². The van der Waals surface area contributed by atoms with Crippen molar-refractivity contribution in [2.24, 2.45) is 28.8 Å². The van der Waals surface area contributed by atoms with Crippen LogP contribution in [0.25, 0.3) is 0 Å². The van der Waals surface area contributed by atoms with Crippen LogP contribution in [0.15, 0.2) is 23.6 Å². The normalized spacial score (nSPS) is 41.3. The molecule has 0 saturated carbocycles. The first-order valence-electron chi connectivity index (χ1n) is 24.7. The molecule has 0 aliphatic carbocycles. The van der Waals surface area contributed by atoms with Gasteiger partial charge in [0, 0.05) is 63.9 Å². The van der Waals surface area contributed by atoms with Crippen LogP contribution in [0.3, 0.4) is 0 Å². The third-order valence-corrected chi connectivity index (χ3v) is 16.1. The molecule has 1 aromatic rings. The van der Waals surface area contributed by atoms with Gasteiger partial charge in [0.2, 0.25) is 0 Å². The SMILES string of the molecule is CCC1OC(=O)[C@H](C)C(O[C@H]2C[C@@](C)(OC)[C@@H](O[Si](C)(C)C)[C@H](C)O2)[C@H](C)[C@@H](O[C@@H]2O[C@H](C)C[C@H](N(C)C)[C@H]2O[Si](C)(C)C)[C@](C)(OC)C[C@@H](C)/C(=N\Oc2ncccn2)[C@H](C)[C@@H](OC)[C@]1(C)O. The Balaban J connectivity index is 1.99. The third kappa shape index (κ3) is 14.4. The standard InChI is InChI=1S/C49H90N4O13Si2/c1-22-36-49(10,55)42(56-13)31(4)38(52-64-46-50-24-23-25-51-46)29(2)27-47(8,57-14)41(63-45-40(65-67(16,17)18)35(53(11)12)26-30(3)59-45)32(5)39(33(6)44(54)61-36)62-37-28-48(9,58-15)43(34(7)60-37)66-68(19,20)21/h23-25,29-37,39-43,45,55H,22,26-28H2,1-21H3/b52-38+/t29-,30-,31+,32+,33-,34+,35+,36?,37+,39?,40-,41-,42-,43+,45+,47-,48-,49-/m1/s1. The van der Waals surface area contributed by atoms with Crippen molar-refractivity contribution < 1.29 is 61.5 Å². The molecule has 18 atom stereocenters. The number of aromatic nitrogens is 2. The highest BCUT2D eigenvalue weighted by Crippen LogP contribution is 2.43. The molecule has 17 nitrogen and oxygen atoms in total. The minimum atomic E-state index is -2.20. The summed E-state index contributed by atoms with van der Waals surface area (Å²) in [6, 6.07) is 1.70. The van der Waals surface area contributed by atoms with Crippen LogP contribution in [0.4, 0.5) is 0 Å². The molecule has 2 unspecified atom stereocenters. The van der Waals surface area contributed by atoms with E-state index >= 15 is 0 Å². The average Bonchev–Trinajstić information content (AvgIpc) is 3.24. The number of hydrogen-bond donors (Lipinski definition) is 1. The van der Waals surface area contributed by atoms with Crippen LogP contribution in [0, 0.1) is 23.7 Å². The van der Waals surface area contributed by atoms with Gasteiger partial charge >= 0.3 is 12.0 Å². The highest BCUT2D eigenvalue weighted by Gasteiger charge is 2.55. The fourth-order valence-corrected chi connectivity index (χ4v) is 13.0. The summed E-state index contributed by atoms with van der Waals surface area (Å²) in [4.78, 5) is 31.5. The van der Waals surface area contributed by atoms with Crippen LogP contribution >= 0.6 is 0 Å². The number of ether oxygens (including phenoxy) is 8. The van der Waals surface area contributed by atoms with Crippen molar-refractivity contribution in [1.82, 2.24) is 14.9 Å². The summed E-state index contributed by atoms with van der Waals surface area (Å²) in [5.41, 5.74) is -3.11. The monoisotopic (exact) mass is 999 g/mol. The topological polar surface area (TPSA) is 180 Å². The molecule has 19 heteroatoms. The lowest BCUT2D eigenvalue weighted by molar-refractivity contribution is -0.316. The van der Waals surface area contributed by atoms with Gasteiger partial charge in [0.25, 0.3) is 0 Å². The Morgan fingerprint density at radius 1 is 0.809 bits per heavy atom. The number of esters is 1. The molecule has 3 aliphatic rings. The number of hydrogen-bond acceptors (Lipinski definition) is 17. The van der Waals surface area contributed by atoms with E-state index in [2.05, 4.69) is 75.2 Å². The van der Waals surface area contributed by atoms with E-state index < -0.39 is 112 Å². The van der Waals surface area contributed by atoms with E-state index in [9.17, 15) is 9.90 Å². The van der Waals surface area contributed by atoms with E-state index in [-0.39, 0.29) is 30.7 Å². The van der Waals surface area contributed by atoms with Gasteiger partial charge in [0.15, 0.2) is 29.2 Å². The Hall–Kier alpha value is -1.99. The van der Waals surface area contributed by atoms with Gasteiger partial charge in [-0.05, 0) is 120 Å². The number of carbonyl (C=O) groups excluding carboxylic acids is 1. The average molecular weight is 999 g/mol. The summed E-state index contributed by atoms with van der Waals surface area (Å²) in [6.07, 6.45) is -2.02. The summed E-state index contributed by atoms with van der Waals surface area (Å²) in [7, 11) is 4.73. The molecular weight excluding hydrogens is 909 g/mol. The first-order chi connectivity index (χ1) is 31.4. The number of methoxy groups -OCH3 is 3. The van der Waals surface area contributed by atoms with Gasteiger partial charge in [-0.3, -0.25) is 4.79 Å². The molecular formula is C49H90N4O13Si2. The Morgan fingerprint density at radius 2 is 1.40 bits per heavy atom. The van der Waals surface area contributed by atoms with Gasteiger partial charge < -0.3 is 61.6 Å². The number of oxime groups is 1. The van der Waals surface area contributed by atoms with Crippen molar-refractivity contribution in [3.05, 3.63) is 18.5 Å². The maximum absolute atomic E-state index is 14.9. The maximum atomic E-state index is 14.9. The minimum Gasteiger partial charge on any atom is -0.459 e. The number of cyclic esters (lactones) is 1. The summed E-state index contributed by atoms with van der Waals surface area (Å²) >= 11 is 0. The fraction of sp³-hybridized carbons (Fsp3) is 0.878. The van der Waals surface area contributed by atoms with Crippen molar-refractivity contribution in [2.75, 3.05) is 35.4 Å². The molecule has 0 radical (unpaired) electrons. The minimum absolute atomic E-state index is 0.0326. The van der Waals surface area contributed by atoms with Crippen LogP contribution < -0.4 is 4.84 Å². The van der Waals surface area contributed by atoms with Crippen LogP contribution in [-0.4, -0.2) is 168 Å². The van der Waals surface area contributed by atoms with Gasteiger partial charge in [-0.2, -0.15) is 0 Å². The summed E-state index contributed by atoms with van der Waals surface area (Å²) in [5.74, 6) is -3.12. The number of likely N-dealkylation sites (N-methyl/N-ethyl adjacent to an activating group) is 1. The molecule has 68 heavy (non-hydrogen) atoms. The molecule has 4 rings (SSSR count). The second-order valence-electron chi connectivity index (χ2n) is 22.5. The van der Waals surface area contributed by atoms with E-state index in [1.54, 1.807) is 46.5 Å². The van der Waals surface area contributed by atoms with E-state index in [1.165, 1.54) is 7.11 Å². The second kappa shape index (κ2) is 23.7. The zero-order chi connectivity index (χ0) is 51.3. The molecule has 0 aromatic carbocycles. The number of nitrogens with zero attached hydrogens (tertiary/aromatic N) is 4. The van der Waals surface area contributed by atoms with Crippen LogP contribution in [0.1, 0.15) is 94.9 Å².